The van der Waals surface area contributed by atoms with Gasteiger partial charge in [-0.05, 0) is 0 Å². The van der Waals surface area contributed by atoms with Crippen LogP contribution in [-0.2, 0) is 23.9 Å². The maximum atomic E-state index is 12.8. The molecule has 2 heterocycles. The number of carbonyl (C=O) groups is 4. The summed E-state index contributed by atoms with van der Waals surface area (Å²) in [6.45, 7) is 1.02. The van der Waals surface area contributed by atoms with Gasteiger partial charge in [-0.3, -0.25) is 19.3 Å². The first-order valence-electron chi connectivity index (χ1n) is 8.99. The summed E-state index contributed by atoms with van der Waals surface area (Å²) in [5.74, 6) is -2.68. The summed E-state index contributed by atoms with van der Waals surface area (Å²) < 4.78 is 4.90. The molecule has 0 bridgehead atoms. The van der Waals surface area contributed by atoms with Gasteiger partial charge in [0, 0.05) is 30.9 Å². The molecule has 2 atom stereocenters. The standard InChI is InChI=1S/C19H20N4O6S/c1-10(24)29-8-12-9-30-18-14(17(26)23(18)15(12)19(27)28)21-16(25)13(22-20-2)11-6-4-3-5-7-11/h3-7,14,18,20H,8-9H2,1-2H3,(H,21,25)(H,27,28)/b22-13-/t14-,18-/m1/s1. The van der Waals surface area contributed by atoms with E-state index in [2.05, 4.69) is 15.8 Å². The molecule has 3 rings (SSSR count). The number of fused-ring (bicyclic) bond motifs is 1. The topological polar surface area (TPSA) is 137 Å². The predicted octanol–water partition coefficient (Wildman–Crippen LogP) is -0.0882. The zero-order valence-corrected chi connectivity index (χ0v) is 17.1. The third-order valence-corrected chi connectivity index (χ3v) is 5.81. The summed E-state index contributed by atoms with van der Waals surface area (Å²) in [5, 5.41) is 15.7. The van der Waals surface area contributed by atoms with Gasteiger partial charge >= 0.3 is 11.9 Å². The Morgan fingerprint density at radius 1 is 1.30 bits per heavy atom. The number of amides is 2. The highest BCUT2D eigenvalue weighted by Crippen LogP contribution is 2.40. The molecule has 30 heavy (non-hydrogen) atoms. The van der Waals surface area contributed by atoms with Crippen molar-refractivity contribution in [2.24, 2.45) is 5.10 Å². The van der Waals surface area contributed by atoms with Crippen LogP contribution in [0.15, 0.2) is 46.7 Å². The highest BCUT2D eigenvalue weighted by Gasteiger charge is 2.54. The Hall–Kier alpha value is -3.34. The van der Waals surface area contributed by atoms with Crippen LogP contribution in [0, 0.1) is 0 Å². The molecule has 0 radical (unpaired) electrons. The fraction of sp³-hybridized carbons (Fsp3) is 0.316. The van der Waals surface area contributed by atoms with Crippen LogP contribution in [0.3, 0.4) is 0 Å². The predicted molar refractivity (Wildman–Crippen MR) is 108 cm³/mol. The lowest BCUT2D eigenvalue weighted by Gasteiger charge is -2.49. The molecular formula is C19H20N4O6S. The summed E-state index contributed by atoms with van der Waals surface area (Å²) in [6.07, 6.45) is 0. The number of β-lactam (4-membered cyclic amide) rings is 1. The van der Waals surface area contributed by atoms with Gasteiger partial charge in [0.15, 0.2) is 5.71 Å². The number of aliphatic carboxylic acids is 1. The molecule has 2 amide bonds. The van der Waals surface area contributed by atoms with Gasteiger partial charge in [0.25, 0.3) is 11.8 Å². The van der Waals surface area contributed by atoms with Crippen molar-refractivity contribution in [3.63, 3.8) is 0 Å². The van der Waals surface area contributed by atoms with E-state index in [1.54, 1.807) is 37.4 Å². The van der Waals surface area contributed by atoms with Crippen LogP contribution in [0.1, 0.15) is 12.5 Å². The zero-order chi connectivity index (χ0) is 21.8. The normalized spacial score (nSPS) is 20.8. The number of nitrogens with zero attached hydrogens (tertiary/aromatic N) is 2. The number of carboxylic acids is 1. The molecule has 0 saturated carbocycles. The summed E-state index contributed by atoms with van der Waals surface area (Å²) in [7, 11) is 1.55. The van der Waals surface area contributed by atoms with Gasteiger partial charge in [-0.2, -0.15) is 5.10 Å². The van der Waals surface area contributed by atoms with Gasteiger partial charge in [0.05, 0.1) is 0 Å². The summed E-state index contributed by atoms with van der Waals surface area (Å²) in [6, 6.07) is 7.86. The lowest BCUT2D eigenvalue weighted by molar-refractivity contribution is -0.150. The second kappa shape index (κ2) is 8.99. The minimum atomic E-state index is -1.29. The minimum absolute atomic E-state index is 0.106. The SMILES string of the molecule is CN/N=C(\C(=O)N[C@@H]1C(=O)N2C(C(=O)O)=C(COC(C)=O)CS[C@H]12)c1ccccc1. The largest absolute Gasteiger partial charge is 0.477 e. The van der Waals surface area contributed by atoms with Crippen molar-refractivity contribution < 1.29 is 29.0 Å². The number of carboxylic acid groups (broad SMARTS) is 1. The van der Waals surface area contributed by atoms with E-state index in [9.17, 15) is 24.3 Å². The Morgan fingerprint density at radius 2 is 2.00 bits per heavy atom. The third kappa shape index (κ3) is 4.15. The molecule has 2 aliphatic heterocycles. The number of nitrogens with one attached hydrogen (secondary N) is 2. The molecule has 0 aliphatic carbocycles. The number of hydrazone groups is 1. The fourth-order valence-corrected chi connectivity index (χ4v) is 4.47. The van der Waals surface area contributed by atoms with E-state index in [-0.39, 0.29) is 23.8 Å². The Labute approximate surface area is 176 Å². The van der Waals surface area contributed by atoms with E-state index in [1.807, 2.05) is 0 Å². The smallest absolute Gasteiger partial charge is 0.352 e. The first kappa shape index (κ1) is 21.4. The van der Waals surface area contributed by atoms with E-state index in [1.165, 1.54) is 18.7 Å². The number of benzene rings is 1. The number of rotatable bonds is 7. The van der Waals surface area contributed by atoms with Gasteiger partial charge in [0.1, 0.15) is 23.7 Å². The number of hydrogen-bond donors (Lipinski definition) is 3. The molecule has 3 N–H and O–H groups in total. The molecule has 11 heteroatoms. The van der Waals surface area contributed by atoms with Crippen molar-refractivity contribution in [1.82, 2.24) is 15.6 Å². The first-order chi connectivity index (χ1) is 14.3. The highest BCUT2D eigenvalue weighted by molar-refractivity contribution is 8.00. The lowest BCUT2D eigenvalue weighted by Crippen LogP contribution is -2.71. The van der Waals surface area contributed by atoms with Crippen molar-refractivity contribution in [3.05, 3.63) is 47.2 Å². The van der Waals surface area contributed by atoms with Crippen LogP contribution in [0.2, 0.25) is 0 Å². The van der Waals surface area contributed by atoms with Crippen LogP contribution in [0.5, 0.6) is 0 Å². The van der Waals surface area contributed by atoms with Crippen LogP contribution in [-0.4, -0.2) is 70.3 Å². The molecule has 0 spiro atoms. The third-order valence-electron chi connectivity index (χ3n) is 4.47. The summed E-state index contributed by atoms with van der Waals surface area (Å²) in [4.78, 5) is 49.4. The molecule has 0 unspecified atom stereocenters. The van der Waals surface area contributed by atoms with Gasteiger partial charge in [0.2, 0.25) is 0 Å². The molecule has 158 valence electrons. The Balaban J connectivity index is 1.77. The van der Waals surface area contributed by atoms with E-state index in [0.717, 1.165) is 4.90 Å². The van der Waals surface area contributed by atoms with Crippen molar-refractivity contribution >= 4 is 41.2 Å². The molecular weight excluding hydrogens is 412 g/mol. The van der Waals surface area contributed by atoms with E-state index >= 15 is 0 Å². The van der Waals surface area contributed by atoms with Crippen molar-refractivity contribution in [1.29, 1.82) is 0 Å². The number of thioether (sulfide) groups is 1. The number of esters is 1. The van der Waals surface area contributed by atoms with E-state index in [4.69, 9.17) is 4.74 Å². The van der Waals surface area contributed by atoms with E-state index in [0.29, 0.717) is 11.1 Å². The first-order valence-corrected chi connectivity index (χ1v) is 10.0. The van der Waals surface area contributed by atoms with Crippen LogP contribution >= 0.6 is 11.8 Å². The average Bonchev–Trinajstić information content (AvgIpc) is 2.73. The second-order valence-electron chi connectivity index (χ2n) is 6.45. The second-order valence-corrected chi connectivity index (χ2v) is 7.55. The monoisotopic (exact) mass is 432 g/mol. The van der Waals surface area contributed by atoms with Crippen LogP contribution in [0.4, 0.5) is 0 Å². The zero-order valence-electron chi connectivity index (χ0n) is 16.2. The molecule has 10 nitrogen and oxygen atoms in total. The fourth-order valence-electron chi connectivity index (χ4n) is 3.15. The molecule has 1 aromatic carbocycles. The van der Waals surface area contributed by atoms with E-state index < -0.39 is 35.2 Å². The van der Waals surface area contributed by atoms with Crippen molar-refractivity contribution in [2.45, 2.75) is 18.3 Å². The number of hydrogen-bond acceptors (Lipinski definition) is 8. The summed E-state index contributed by atoms with van der Waals surface area (Å²) >= 11 is 1.29. The van der Waals surface area contributed by atoms with Gasteiger partial charge in [-0.1, -0.05) is 30.3 Å². The number of ether oxygens (including phenoxy) is 1. The molecule has 1 fully saturated rings. The summed E-state index contributed by atoms with van der Waals surface area (Å²) in [5.41, 5.74) is 3.38. The lowest BCUT2D eigenvalue weighted by atomic mass is 10.0. The average molecular weight is 432 g/mol. The Kier molecular flexibility index (Phi) is 6.40. The molecule has 1 aromatic rings. The molecule has 1 saturated heterocycles. The highest BCUT2D eigenvalue weighted by atomic mass is 32.2. The van der Waals surface area contributed by atoms with Crippen LogP contribution < -0.4 is 10.7 Å². The maximum absolute atomic E-state index is 12.8. The van der Waals surface area contributed by atoms with Crippen molar-refractivity contribution in [2.75, 3.05) is 19.4 Å². The van der Waals surface area contributed by atoms with Crippen LogP contribution in [0.25, 0.3) is 0 Å². The molecule has 0 aromatic heterocycles. The van der Waals surface area contributed by atoms with Crippen molar-refractivity contribution in [3.8, 4) is 0 Å². The number of carbonyl (C=O) groups excluding carboxylic acids is 3. The Bertz CT molecular complexity index is 946. The van der Waals surface area contributed by atoms with Gasteiger partial charge in [-0.15, -0.1) is 11.8 Å². The minimum Gasteiger partial charge on any atom is -0.477 e. The quantitative estimate of drug-likeness (QED) is 0.235. The maximum Gasteiger partial charge on any atom is 0.352 e. The Morgan fingerprint density at radius 3 is 2.60 bits per heavy atom. The van der Waals surface area contributed by atoms with Gasteiger partial charge < -0.3 is 20.6 Å². The van der Waals surface area contributed by atoms with Gasteiger partial charge in [-0.25, -0.2) is 4.79 Å². The molecule has 2 aliphatic rings.